The zero-order chi connectivity index (χ0) is 29.4. The number of carbonyl (C=O) groups is 3. The van der Waals surface area contributed by atoms with Crippen LogP contribution in [0, 0.1) is 12.8 Å². The lowest BCUT2D eigenvalue weighted by Crippen LogP contribution is -2.34. The summed E-state index contributed by atoms with van der Waals surface area (Å²) in [6, 6.07) is 9.70. The van der Waals surface area contributed by atoms with Crippen molar-refractivity contribution in [3.63, 3.8) is 0 Å². The molecule has 4 N–H and O–H groups in total. The number of ether oxygens (including phenoxy) is 1. The Morgan fingerprint density at radius 2 is 2.02 bits per heavy atom. The van der Waals surface area contributed by atoms with Crippen LogP contribution in [0.2, 0.25) is 0 Å². The molecule has 2 amide bonds. The van der Waals surface area contributed by atoms with Crippen molar-refractivity contribution in [2.45, 2.75) is 59.2 Å². The minimum absolute atomic E-state index is 0.151. The molecular formula is C32H39N5O4. The molecule has 0 bridgehead atoms. The number of esters is 1. The Balaban J connectivity index is 1.41. The summed E-state index contributed by atoms with van der Waals surface area (Å²) in [5.74, 6) is -1.51. The van der Waals surface area contributed by atoms with E-state index in [1.54, 1.807) is 26.0 Å². The minimum atomic E-state index is -0.572. The Morgan fingerprint density at radius 3 is 2.80 bits per heavy atom. The third kappa shape index (κ3) is 7.29. The van der Waals surface area contributed by atoms with Gasteiger partial charge in [-0.25, -0.2) is 4.79 Å². The molecule has 0 radical (unpaired) electrons. The second kappa shape index (κ2) is 13.9. The van der Waals surface area contributed by atoms with Gasteiger partial charge in [0.2, 0.25) is 5.91 Å². The normalized spacial score (nSPS) is 16.9. The summed E-state index contributed by atoms with van der Waals surface area (Å²) in [6.45, 7) is 11.4. The first-order valence-corrected chi connectivity index (χ1v) is 14.1. The van der Waals surface area contributed by atoms with E-state index in [0.29, 0.717) is 18.5 Å². The standard InChI is InChI=1S/C32H39N5O4/c1-5-15-41-32(40)26-9-10-27-25(21(26)4)11-12-28(27)36-31(39)29(37-35-6-2)16-20(3)30(38)34-18-22-7-8-23-13-14-33-19-24(23)17-22/h5-10,16-17,20,28,33,37H,1,11-15,18-19H2,2-4H3,(H,34,38)(H,36,39)/b29-16-,35-6-/t20?,28-/m0/s1. The molecule has 0 saturated heterocycles. The van der Waals surface area contributed by atoms with Gasteiger partial charge in [-0.05, 0) is 85.2 Å². The quantitative estimate of drug-likeness (QED) is 0.110. The van der Waals surface area contributed by atoms with Gasteiger partial charge in [0, 0.05) is 19.3 Å². The van der Waals surface area contributed by atoms with Crippen LogP contribution in [0.3, 0.4) is 0 Å². The van der Waals surface area contributed by atoms with Crippen molar-refractivity contribution in [2.75, 3.05) is 13.2 Å². The SMILES string of the molecule is C=CCOC(=O)c1ccc2c(c1C)CC[C@@H]2NC(=O)/C(=C/C(C)C(=O)NCc1ccc2c(c1)CNCC2)N/N=C\C. The number of nitrogens with one attached hydrogen (secondary N) is 4. The zero-order valence-electron chi connectivity index (χ0n) is 24.0. The third-order valence-electron chi connectivity index (χ3n) is 7.56. The lowest BCUT2D eigenvalue weighted by molar-refractivity contribution is -0.123. The summed E-state index contributed by atoms with van der Waals surface area (Å²) in [5.41, 5.74) is 10.0. The summed E-state index contributed by atoms with van der Waals surface area (Å²) < 4.78 is 5.21. The molecule has 0 aromatic heterocycles. The summed E-state index contributed by atoms with van der Waals surface area (Å²) in [4.78, 5) is 38.7. The molecule has 0 spiro atoms. The molecule has 2 aromatic rings. The van der Waals surface area contributed by atoms with Crippen LogP contribution in [0.5, 0.6) is 0 Å². The molecule has 9 heteroatoms. The lowest BCUT2D eigenvalue weighted by atomic mass is 9.98. The lowest BCUT2D eigenvalue weighted by Gasteiger charge is -2.19. The van der Waals surface area contributed by atoms with Gasteiger partial charge in [-0.2, -0.15) is 5.10 Å². The van der Waals surface area contributed by atoms with Crippen molar-refractivity contribution in [1.29, 1.82) is 0 Å². The number of carbonyl (C=O) groups excluding carboxylic acids is 3. The van der Waals surface area contributed by atoms with Crippen LogP contribution in [0.15, 0.2) is 59.9 Å². The first-order valence-electron chi connectivity index (χ1n) is 14.1. The first kappa shape index (κ1) is 29.7. The number of hydrogen-bond acceptors (Lipinski definition) is 7. The van der Waals surface area contributed by atoms with Gasteiger partial charge in [0.15, 0.2) is 0 Å². The van der Waals surface area contributed by atoms with Gasteiger partial charge in [-0.1, -0.05) is 43.8 Å². The maximum absolute atomic E-state index is 13.3. The molecule has 0 saturated carbocycles. The van der Waals surface area contributed by atoms with Crippen LogP contribution in [0.1, 0.15) is 70.0 Å². The highest BCUT2D eigenvalue weighted by Crippen LogP contribution is 2.35. The van der Waals surface area contributed by atoms with Crippen molar-refractivity contribution in [3.8, 4) is 0 Å². The Kier molecular flexibility index (Phi) is 10.1. The summed E-state index contributed by atoms with van der Waals surface area (Å²) in [5, 5.41) is 13.5. The first-order chi connectivity index (χ1) is 19.8. The topological polar surface area (TPSA) is 121 Å². The number of hydrogen-bond donors (Lipinski definition) is 4. The van der Waals surface area contributed by atoms with Gasteiger partial charge in [0.25, 0.3) is 5.91 Å². The Labute approximate surface area is 241 Å². The second-order valence-corrected chi connectivity index (χ2v) is 10.4. The van der Waals surface area contributed by atoms with Crippen LogP contribution in [0.4, 0.5) is 0 Å². The van der Waals surface area contributed by atoms with Crippen LogP contribution in [-0.4, -0.2) is 37.1 Å². The molecule has 0 fully saturated rings. The number of hydrazone groups is 1. The van der Waals surface area contributed by atoms with Crippen molar-refractivity contribution in [2.24, 2.45) is 11.0 Å². The zero-order valence-corrected chi connectivity index (χ0v) is 24.0. The largest absolute Gasteiger partial charge is 0.458 e. The highest BCUT2D eigenvalue weighted by atomic mass is 16.5. The van der Waals surface area contributed by atoms with E-state index in [2.05, 4.69) is 51.3 Å². The van der Waals surface area contributed by atoms with E-state index in [1.807, 2.05) is 13.0 Å². The number of benzene rings is 2. The van der Waals surface area contributed by atoms with Crippen molar-refractivity contribution in [3.05, 3.63) is 93.7 Å². The van der Waals surface area contributed by atoms with Gasteiger partial charge < -0.3 is 20.7 Å². The molecule has 216 valence electrons. The molecule has 2 aliphatic rings. The number of nitrogens with zero attached hydrogens (tertiary/aromatic N) is 1. The van der Waals surface area contributed by atoms with E-state index in [1.165, 1.54) is 23.4 Å². The van der Waals surface area contributed by atoms with Crippen molar-refractivity contribution >= 4 is 24.0 Å². The van der Waals surface area contributed by atoms with E-state index >= 15 is 0 Å². The molecule has 1 aliphatic carbocycles. The van der Waals surface area contributed by atoms with Gasteiger partial charge in [0.05, 0.1) is 17.5 Å². The van der Waals surface area contributed by atoms with Gasteiger partial charge in [-0.3, -0.25) is 15.0 Å². The van der Waals surface area contributed by atoms with E-state index in [4.69, 9.17) is 4.74 Å². The summed E-state index contributed by atoms with van der Waals surface area (Å²) in [6.07, 6.45) is 7.10. The van der Waals surface area contributed by atoms with Gasteiger partial charge >= 0.3 is 5.97 Å². The average Bonchev–Trinajstić information content (AvgIpc) is 3.39. The Hall–Kier alpha value is -4.24. The van der Waals surface area contributed by atoms with Crippen LogP contribution < -0.4 is 21.4 Å². The minimum Gasteiger partial charge on any atom is -0.458 e. The highest BCUT2D eigenvalue weighted by molar-refractivity contribution is 5.95. The van der Waals surface area contributed by atoms with E-state index in [0.717, 1.165) is 48.2 Å². The molecule has 4 rings (SSSR count). The predicted molar refractivity (Wildman–Crippen MR) is 159 cm³/mol. The maximum atomic E-state index is 13.3. The van der Waals surface area contributed by atoms with Gasteiger partial charge in [-0.15, -0.1) is 0 Å². The predicted octanol–water partition coefficient (Wildman–Crippen LogP) is 3.52. The van der Waals surface area contributed by atoms with Crippen LogP contribution in [-0.2, 0) is 40.3 Å². The van der Waals surface area contributed by atoms with Crippen LogP contribution >= 0.6 is 0 Å². The second-order valence-electron chi connectivity index (χ2n) is 10.4. The highest BCUT2D eigenvalue weighted by Gasteiger charge is 2.29. The third-order valence-corrected chi connectivity index (χ3v) is 7.56. The molecule has 2 atom stereocenters. The fourth-order valence-electron chi connectivity index (χ4n) is 5.32. The van der Waals surface area contributed by atoms with E-state index in [9.17, 15) is 14.4 Å². The Bertz CT molecular complexity index is 1380. The number of rotatable bonds is 11. The molecule has 1 unspecified atom stereocenters. The van der Waals surface area contributed by atoms with Crippen molar-refractivity contribution < 1.29 is 19.1 Å². The van der Waals surface area contributed by atoms with Crippen molar-refractivity contribution in [1.82, 2.24) is 21.4 Å². The smallest absolute Gasteiger partial charge is 0.338 e. The fraction of sp³-hybridized carbons (Fsp3) is 0.375. The van der Waals surface area contributed by atoms with E-state index < -0.39 is 5.92 Å². The maximum Gasteiger partial charge on any atom is 0.338 e. The molecule has 9 nitrogen and oxygen atoms in total. The van der Waals surface area contributed by atoms with E-state index in [-0.39, 0.29) is 36.1 Å². The summed E-state index contributed by atoms with van der Waals surface area (Å²) in [7, 11) is 0. The van der Waals surface area contributed by atoms with Gasteiger partial charge in [0.1, 0.15) is 12.3 Å². The number of fused-ring (bicyclic) bond motifs is 2. The summed E-state index contributed by atoms with van der Waals surface area (Å²) >= 11 is 0. The monoisotopic (exact) mass is 557 g/mol. The average molecular weight is 558 g/mol. The molecular weight excluding hydrogens is 518 g/mol. The molecule has 1 aliphatic heterocycles. The Morgan fingerprint density at radius 1 is 1.20 bits per heavy atom. The molecule has 2 aromatic carbocycles. The molecule has 41 heavy (non-hydrogen) atoms. The van der Waals surface area contributed by atoms with Crippen LogP contribution in [0.25, 0.3) is 0 Å². The number of amides is 2. The molecule has 1 heterocycles. The fourth-order valence-corrected chi connectivity index (χ4v) is 5.32.